The van der Waals surface area contributed by atoms with Gasteiger partial charge in [0.1, 0.15) is 0 Å². The molecular weight excluding hydrogens is 306 g/mol. The van der Waals surface area contributed by atoms with Gasteiger partial charge in [-0.1, -0.05) is 17.7 Å². The molecule has 0 amide bonds. The van der Waals surface area contributed by atoms with Crippen molar-refractivity contribution in [3.8, 4) is 0 Å². The van der Waals surface area contributed by atoms with E-state index < -0.39 is 0 Å². The van der Waals surface area contributed by atoms with E-state index in [9.17, 15) is 0 Å². The molecule has 3 nitrogen and oxygen atoms in total. The zero-order valence-electron chi connectivity index (χ0n) is 15.3. The Morgan fingerprint density at radius 3 is 2.80 bits per heavy atom. The average molecular weight is 331 g/mol. The molecule has 25 heavy (non-hydrogen) atoms. The second-order valence-electron chi connectivity index (χ2n) is 7.89. The van der Waals surface area contributed by atoms with E-state index in [2.05, 4.69) is 65.8 Å². The minimum atomic E-state index is 0.470. The molecule has 0 saturated carbocycles. The Balaban J connectivity index is 1.75. The van der Waals surface area contributed by atoms with Crippen LogP contribution in [0.2, 0.25) is 0 Å². The molecule has 2 aromatic heterocycles. The third kappa shape index (κ3) is 2.26. The average Bonchev–Trinajstić information content (AvgIpc) is 2.90. The number of benzene rings is 1. The van der Waals surface area contributed by atoms with Crippen LogP contribution in [0.25, 0.3) is 10.9 Å². The first-order valence-electron chi connectivity index (χ1n) is 9.37. The van der Waals surface area contributed by atoms with Gasteiger partial charge in [-0.15, -0.1) is 0 Å². The van der Waals surface area contributed by atoms with Crippen LogP contribution in [0.15, 0.2) is 30.5 Å². The van der Waals surface area contributed by atoms with E-state index in [0.717, 1.165) is 18.8 Å². The van der Waals surface area contributed by atoms with Crippen LogP contribution in [0.5, 0.6) is 0 Å². The Kier molecular flexibility index (Phi) is 3.29. The molecule has 0 radical (unpaired) electrons. The van der Waals surface area contributed by atoms with E-state index >= 15 is 0 Å². The molecule has 5 rings (SSSR count). The number of pyridine rings is 1. The number of aryl methyl sites for hydroxylation is 3. The second kappa shape index (κ2) is 5.43. The number of hydrogen-bond donors (Lipinski definition) is 0. The number of aromatic nitrogens is 2. The lowest BCUT2D eigenvalue weighted by atomic mass is 9.85. The van der Waals surface area contributed by atoms with E-state index in [0.29, 0.717) is 5.92 Å². The summed E-state index contributed by atoms with van der Waals surface area (Å²) in [6.45, 7) is 7.68. The molecule has 0 N–H and O–H groups in total. The van der Waals surface area contributed by atoms with E-state index in [1.54, 1.807) is 11.3 Å². The summed E-state index contributed by atoms with van der Waals surface area (Å²) in [5.41, 5.74) is 9.97. The van der Waals surface area contributed by atoms with Crippen LogP contribution in [0, 0.1) is 13.8 Å². The highest BCUT2D eigenvalue weighted by Gasteiger charge is 2.30. The third-order valence-corrected chi connectivity index (χ3v) is 6.06. The SMILES string of the molecule is Cc1cc2c3c(c1)c1c(n3CCC2c2ccc(C)nc2)CCN(C)C1. The van der Waals surface area contributed by atoms with Gasteiger partial charge in [0.2, 0.25) is 0 Å². The predicted octanol–water partition coefficient (Wildman–Crippen LogP) is 4.18. The molecule has 128 valence electrons. The van der Waals surface area contributed by atoms with Crippen molar-refractivity contribution in [3.63, 3.8) is 0 Å². The van der Waals surface area contributed by atoms with Gasteiger partial charge in [-0.2, -0.15) is 0 Å². The number of likely N-dealkylation sites (N-methyl/N-ethyl adjacent to an activating group) is 1. The Hall–Kier alpha value is -2.13. The van der Waals surface area contributed by atoms with E-state index in [4.69, 9.17) is 0 Å². The number of rotatable bonds is 1. The number of nitrogens with zero attached hydrogens (tertiary/aromatic N) is 3. The molecule has 0 spiro atoms. The lowest BCUT2D eigenvalue weighted by molar-refractivity contribution is 0.308. The Morgan fingerprint density at radius 2 is 2.00 bits per heavy atom. The molecule has 1 unspecified atom stereocenters. The molecule has 2 aliphatic heterocycles. The maximum absolute atomic E-state index is 4.56. The molecule has 1 aromatic carbocycles. The highest BCUT2D eigenvalue weighted by Crippen LogP contribution is 2.42. The van der Waals surface area contributed by atoms with Crippen molar-refractivity contribution in [2.24, 2.45) is 0 Å². The molecule has 0 fully saturated rings. The monoisotopic (exact) mass is 331 g/mol. The molecule has 1 atom stereocenters. The van der Waals surface area contributed by atoms with Crippen LogP contribution in [-0.2, 0) is 19.5 Å². The van der Waals surface area contributed by atoms with Crippen LogP contribution in [0.1, 0.15) is 46.0 Å². The smallest absolute Gasteiger partial charge is 0.0524 e. The molecule has 0 aliphatic carbocycles. The van der Waals surface area contributed by atoms with Gasteiger partial charge >= 0.3 is 0 Å². The highest BCUT2D eigenvalue weighted by atomic mass is 15.1. The zero-order chi connectivity index (χ0) is 17.1. The third-order valence-electron chi connectivity index (χ3n) is 6.06. The fraction of sp³-hybridized carbons (Fsp3) is 0.409. The molecule has 0 saturated heterocycles. The van der Waals surface area contributed by atoms with Crippen molar-refractivity contribution < 1.29 is 0 Å². The summed E-state index contributed by atoms with van der Waals surface area (Å²) in [6.07, 6.45) is 4.43. The molecule has 4 heterocycles. The van der Waals surface area contributed by atoms with Crippen LogP contribution < -0.4 is 0 Å². The van der Waals surface area contributed by atoms with E-state index in [1.807, 2.05) is 0 Å². The van der Waals surface area contributed by atoms with Gasteiger partial charge in [0.25, 0.3) is 0 Å². The first-order chi connectivity index (χ1) is 12.1. The quantitative estimate of drug-likeness (QED) is 0.667. The van der Waals surface area contributed by atoms with Gasteiger partial charge in [0.05, 0.1) is 5.52 Å². The van der Waals surface area contributed by atoms with Crippen LogP contribution in [0.3, 0.4) is 0 Å². The lowest BCUT2D eigenvalue weighted by Gasteiger charge is -2.28. The summed E-state index contributed by atoms with van der Waals surface area (Å²) in [6, 6.07) is 9.24. The van der Waals surface area contributed by atoms with Gasteiger partial charge in [-0.05, 0) is 56.1 Å². The van der Waals surface area contributed by atoms with Crippen molar-refractivity contribution in [2.75, 3.05) is 13.6 Å². The van der Waals surface area contributed by atoms with Gasteiger partial charge in [0.15, 0.2) is 0 Å². The Morgan fingerprint density at radius 1 is 1.12 bits per heavy atom. The maximum Gasteiger partial charge on any atom is 0.0524 e. The zero-order valence-corrected chi connectivity index (χ0v) is 15.3. The number of hydrogen-bond acceptors (Lipinski definition) is 2. The largest absolute Gasteiger partial charge is 0.344 e. The van der Waals surface area contributed by atoms with Gasteiger partial charge in [-0.3, -0.25) is 4.98 Å². The summed E-state index contributed by atoms with van der Waals surface area (Å²) < 4.78 is 2.63. The minimum absolute atomic E-state index is 0.470. The van der Waals surface area contributed by atoms with Gasteiger partial charge < -0.3 is 9.47 Å². The van der Waals surface area contributed by atoms with E-state index in [1.165, 1.54) is 47.0 Å². The molecule has 2 aliphatic rings. The van der Waals surface area contributed by atoms with Crippen molar-refractivity contribution in [1.29, 1.82) is 0 Å². The Bertz CT molecular complexity index is 965. The molecule has 3 heteroatoms. The topological polar surface area (TPSA) is 21.1 Å². The normalized spacial score (nSPS) is 20.0. The first-order valence-corrected chi connectivity index (χ1v) is 9.37. The second-order valence-corrected chi connectivity index (χ2v) is 7.89. The standard InChI is InChI=1S/C22H25N3/c1-14-10-18-17(16-5-4-15(2)23-12-16)6-9-25-21-7-8-24(3)13-20(21)19(11-14)22(18)25/h4-5,10-12,17H,6-9,13H2,1-3H3. The molecule has 0 bridgehead atoms. The molecular formula is C22H25N3. The fourth-order valence-corrected chi connectivity index (χ4v) is 4.86. The van der Waals surface area contributed by atoms with Crippen molar-refractivity contribution in [2.45, 2.75) is 45.7 Å². The lowest BCUT2D eigenvalue weighted by Crippen LogP contribution is -2.27. The maximum atomic E-state index is 4.56. The Labute approximate surface area is 149 Å². The summed E-state index contributed by atoms with van der Waals surface area (Å²) in [5.74, 6) is 0.470. The molecule has 3 aromatic rings. The van der Waals surface area contributed by atoms with Gasteiger partial charge in [0, 0.05) is 54.9 Å². The van der Waals surface area contributed by atoms with Crippen LogP contribution in [-0.4, -0.2) is 28.0 Å². The van der Waals surface area contributed by atoms with E-state index in [-0.39, 0.29) is 0 Å². The minimum Gasteiger partial charge on any atom is -0.344 e. The predicted molar refractivity (Wildman–Crippen MR) is 102 cm³/mol. The summed E-state index contributed by atoms with van der Waals surface area (Å²) in [7, 11) is 2.24. The fourth-order valence-electron chi connectivity index (χ4n) is 4.86. The summed E-state index contributed by atoms with van der Waals surface area (Å²) in [4.78, 5) is 7.01. The first kappa shape index (κ1) is 15.2. The van der Waals surface area contributed by atoms with Crippen LogP contribution >= 0.6 is 0 Å². The van der Waals surface area contributed by atoms with Crippen molar-refractivity contribution in [3.05, 3.63) is 64.1 Å². The van der Waals surface area contributed by atoms with Crippen LogP contribution in [0.4, 0.5) is 0 Å². The van der Waals surface area contributed by atoms with Gasteiger partial charge in [-0.25, -0.2) is 0 Å². The highest BCUT2D eigenvalue weighted by molar-refractivity contribution is 5.90. The van der Waals surface area contributed by atoms with Crippen molar-refractivity contribution in [1.82, 2.24) is 14.5 Å². The number of fused-ring (bicyclic) bond motifs is 3. The summed E-state index contributed by atoms with van der Waals surface area (Å²) in [5, 5.41) is 1.49. The summed E-state index contributed by atoms with van der Waals surface area (Å²) >= 11 is 0. The van der Waals surface area contributed by atoms with Crippen molar-refractivity contribution >= 4 is 10.9 Å².